The predicted octanol–water partition coefficient (Wildman–Crippen LogP) is 5.54. The number of halogens is 1. The zero-order valence-electron chi connectivity index (χ0n) is 13.6. The van der Waals surface area contributed by atoms with Gasteiger partial charge in [0.25, 0.3) is 0 Å². The SMILES string of the molecule is CCCNC(c1ccc(F)cc1C)C1CCCCCCC1. The minimum atomic E-state index is -0.122. The molecule has 1 aliphatic carbocycles. The van der Waals surface area contributed by atoms with Crippen LogP contribution in [0.5, 0.6) is 0 Å². The van der Waals surface area contributed by atoms with Crippen molar-refractivity contribution in [2.75, 3.05) is 6.54 Å². The average molecular weight is 291 g/mol. The number of hydrogen-bond donors (Lipinski definition) is 1. The summed E-state index contributed by atoms with van der Waals surface area (Å²) in [5, 5.41) is 3.74. The molecule has 21 heavy (non-hydrogen) atoms. The van der Waals surface area contributed by atoms with E-state index >= 15 is 0 Å². The molecule has 0 bridgehead atoms. The lowest BCUT2D eigenvalue weighted by Crippen LogP contribution is -2.30. The summed E-state index contributed by atoms with van der Waals surface area (Å²) < 4.78 is 13.4. The Morgan fingerprint density at radius 2 is 1.81 bits per heavy atom. The van der Waals surface area contributed by atoms with Crippen LogP contribution in [0.2, 0.25) is 0 Å². The van der Waals surface area contributed by atoms with Crippen LogP contribution in [0.4, 0.5) is 4.39 Å². The van der Waals surface area contributed by atoms with E-state index in [4.69, 9.17) is 0 Å². The van der Waals surface area contributed by atoms with Gasteiger partial charge in [-0.05, 0) is 61.9 Å². The fraction of sp³-hybridized carbons (Fsp3) is 0.684. The van der Waals surface area contributed by atoms with Gasteiger partial charge < -0.3 is 5.32 Å². The molecule has 1 aromatic rings. The topological polar surface area (TPSA) is 12.0 Å². The van der Waals surface area contributed by atoms with Crippen LogP contribution in [0, 0.1) is 18.7 Å². The number of hydrogen-bond acceptors (Lipinski definition) is 1. The Labute approximate surface area is 129 Å². The van der Waals surface area contributed by atoms with Gasteiger partial charge in [-0.15, -0.1) is 0 Å². The molecule has 0 aromatic heterocycles. The van der Waals surface area contributed by atoms with Crippen molar-refractivity contribution in [3.8, 4) is 0 Å². The minimum Gasteiger partial charge on any atom is -0.310 e. The highest BCUT2D eigenvalue weighted by Crippen LogP contribution is 2.34. The quantitative estimate of drug-likeness (QED) is 0.751. The molecule has 2 rings (SSSR count). The summed E-state index contributed by atoms with van der Waals surface area (Å²) in [5.74, 6) is 0.573. The van der Waals surface area contributed by atoms with Gasteiger partial charge in [0, 0.05) is 6.04 Å². The molecule has 2 heteroatoms. The van der Waals surface area contributed by atoms with Gasteiger partial charge in [-0.1, -0.05) is 45.1 Å². The molecule has 1 aliphatic rings. The maximum Gasteiger partial charge on any atom is 0.123 e. The highest BCUT2D eigenvalue weighted by Gasteiger charge is 2.24. The fourth-order valence-electron chi connectivity index (χ4n) is 3.64. The molecule has 0 aliphatic heterocycles. The van der Waals surface area contributed by atoms with E-state index in [2.05, 4.69) is 12.2 Å². The average Bonchev–Trinajstić information content (AvgIpc) is 2.42. The summed E-state index contributed by atoms with van der Waals surface area (Å²) in [6, 6.07) is 5.69. The summed E-state index contributed by atoms with van der Waals surface area (Å²) in [5.41, 5.74) is 2.39. The highest BCUT2D eigenvalue weighted by atomic mass is 19.1. The van der Waals surface area contributed by atoms with E-state index in [1.54, 1.807) is 12.1 Å². The molecule has 0 saturated heterocycles. The van der Waals surface area contributed by atoms with Crippen LogP contribution >= 0.6 is 0 Å². The Morgan fingerprint density at radius 3 is 2.43 bits per heavy atom. The van der Waals surface area contributed by atoms with Crippen LogP contribution in [0.25, 0.3) is 0 Å². The molecule has 118 valence electrons. The summed E-state index contributed by atoms with van der Waals surface area (Å²) in [4.78, 5) is 0. The second-order valence-electron chi connectivity index (χ2n) is 6.54. The standard InChI is InChI=1S/C19H30FN/c1-3-13-21-19(16-9-7-5-4-6-8-10-16)18-12-11-17(20)14-15(18)2/h11-12,14,16,19,21H,3-10,13H2,1-2H3. The molecule has 1 saturated carbocycles. The largest absolute Gasteiger partial charge is 0.310 e. The van der Waals surface area contributed by atoms with E-state index in [1.807, 2.05) is 13.0 Å². The van der Waals surface area contributed by atoms with Crippen LogP contribution in [0.15, 0.2) is 18.2 Å². The molecule has 0 radical (unpaired) electrons. The Morgan fingerprint density at radius 1 is 1.14 bits per heavy atom. The maximum atomic E-state index is 13.4. The Balaban J connectivity index is 2.18. The van der Waals surface area contributed by atoms with Gasteiger partial charge in [-0.25, -0.2) is 4.39 Å². The molecule has 1 unspecified atom stereocenters. The van der Waals surface area contributed by atoms with Gasteiger partial charge in [0.2, 0.25) is 0 Å². The molecular formula is C19H30FN. The van der Waals surface area contributed by atoms with Crippen molar-refractivity contribution < 1.29 is 4.39 Å². The third kappa shape index (κ3) is 4.81. The van der Waals surface area contributed by atoms with Crippen LogP contribution in [0.3, 0.4) is 0 Å². The zero-order valence-corrected chi connectivity index (χ0v) is 13.6. The van der Waals surface area contributed by atoms with Crippen molar-refractivity contribution in [3.05, 3.63) is 35.1 Å². The van der Waals surface area contributed by atoms with Crippen LogP contribution < -0.4 is 5.32 Å². The summed E-state index contributed by atoms with van der Waals surface area (Å²) in [7, 11) is 0. The highest BCUT2D eigenvalue weighted by molar-refractivity contribution is 5.30. The van der Waals surface area contributed by atoms with Gasteiger partial charge in [-0.2, -0.15) is 0 Å². The van der Waals surface area contributed by atoms with Crippen molar-refractivity contribution in [3.63, 3.8) is 0 Å². The predicted molar refractivity (Wildman–Crippen MR) is 88.0 cm³/mol. The van der Waals surface area contributed by atoms with Crippen LogP contribution in [-0.4, -0.2) is 6.54 Å². The summed E-state index contributed by atoms with van der Waals surface area (Å²) >= 11 is 0. The summed E-state index contributed by atoms with van der Waals surface area (Å²) in [6.07, 6.45) is 10.6. The Kier molecular flexibility index (Phi) is 6.69. The van der Waals surface area contributed by atoms with Gasteiger partial charge in [0.15, 0.2) is 0 Å². The van der Waals surface area contributed by atoms with E-state index < -0.39 is 0 Å². The monoisotopic (exact) mass is 291 g/mol. The fourth-order valence-corrected chi connectivity index (χ4v) is 3.64. The van der Waals surface area contributed by atoms with E-state index in [0.717, 1.165) is 18.5 Å². The lowest BCUT2D eigenvalue weighted by Gasteiger charge is -2.31. The van der Waals surface area contributed by atoms with Crippen molar-refractivity contribution in [2.45, 2.75) is 71.3 Å². The van der Waals surface area contributed by atoms with Gasteiger partial charge >= 0.3 is 0 Å². The van der Waals surface area contributed by atoms with E-state index in [0.29, 0.717) is 12.0 Å². The third-order valence-corrected chi connectivity index (χ3v) is 4.80. The van der Waals surface area contributed by atoms with E-state index in [9.17, 15) is 4.39 Å². The molecule has 1 fully saturated rings. The lowest BCUT2D eigenvalue weighted by atomic mass is 9.81. The lowest BCUT2D eigenvalue weighted by molar-refractivity contribution is 0.288. The number of nitrogens with one attached hydrogen (secondary N) is 1. The molecule has 1 nitrogen and oxygen atoms in total. The third-order valence-electron chi connectivity index (χ3n) is 4.80. The van der Waals surface area contributed by atoms with Crippen LogP contribution in [-0.2, 0) is 0 Å². The van der Waals surface area contributed by atoms with Gasteiger partial charge in [-0.3, -0.25) is 0 Å². The Hall–Kier alpha value is -0.890. The number of rotatable bonds is 5. The summed E-state index contributed by atoms with van der Waals surface area (Å²) in [6.45, 7) is 5.29. The van der Waals surface area contributed by atoms with Gasteiger partial charge in [0.1, 0.15) is 5.82 Å². The van der Waals surface area contributed by atoms with Crippen molar-refractivity contribution in [2.24, 2.45) is 5.92 Å². The first-order chi connectivity index (χ1) is 10.2. The van der Waals surface area contributed by atoms with Gasteiger partial charge in [0.05, 0.1) is 0 Å². The molecular weight excluding hydrogens is 261 g/mol. The van der Waals surface area contributed by atoms with E-state index in [-0.39, 0.29) is 5.82 Å². The first-order valence-corrected chi connectivity index (χ1v) is 8.71. The minimum absolute atomic E-state index is 0.122. The number of benzene rings is 1. The van der Waals surface area contributed by atoms with Crippen molar-refractivity contribution >= 4 is 0 Å². The first-order valence-electron chi connectivity index (χ1n) is 8.71. The molecule has 0 spiro atoms. The normalized spacial score (nSPS) is 19.0. The molecule has 1 atom stereocenters. The first kappa shape index (κ1) is 16.5. The van der Waals surface area contributed by atoms with Crippen LogP contribution in [0.1, 0.15) is 75.5 Å². The zero-order chi connectivity index (χ0) is 15.1. The van der Waals surface area contributed by atoms with Crippen molar-refractivity contribution in [1.82, 2.24) is 5.32 Å². The molecule has 0 heterocycles. The second kappa shape index (κ2) is 8.53. The van der Waals surface area contributed by atoms with Crippen molar-refractivity contribution in [1.29, 1.82) is 0 Å². The Bertz CT molecular complexity index is 422. The second-order valence-corrected chi connectivity index (χ2v) is 6.54. The molecule has 1 N–H and O–H groups in total. The maximum absolute atomic E-state index is 13.4. The number of aryl methyl sites for hydroxylation is 1. The van der Waals surface area contributed by atoms with E-state index in [1.165, 1.54) is 50.5 Å². The smallest absolute Gasteiger partial charge is 0.123 e. The molecule has 0 amide bonds. The molecule has 1 aromatic carbocycles.